The third-order valence-corrected chi connectivity index (χ3v) is 4.95. The number of aromatic amines is 1. The van der Waals surface area contributed by atoms with Gasteiger partial charge in [-0.05, 0) is 26.0 Å². The van der Waals surface area contributed by atoms with Crippen LogP contribution in [0.1, 0.15) is 24.2 Å². The SMILES string of the molecule is CCn1nc(-c2ccccc2)c(C(C)=O)c(Nc2n[nH]c3cccc(Cl)c23)c1=O. The molecule has 0 spiro atoms. The molecule has 0 unspecified atom stereocenters. The number of carbonyl (C=O) groups is 1. The molecule has 4 aromatic rings. The minimum atomic E-state index is -0.402. The predicted octanol–water partition coefficient (Wildman–Crippen LogP) is 4.41. The average molecular weight is 408 g/mol. The van der Waals surface area contributed by atoms with E-state index in [2.05, 4.69) is 20.6 Å². The van der Waals surface area contributed by atoms with Gasteiger partial charge in [0.15, 0.2) is 11.6 Å². The summed E-state index contributed by atoms with van der Waals surface area (Å²) in [6.07, 6.45) is 0. The summed E-state index contributed by atoms with van der Waals surface area (Å²) in [4.78, 5) is 25.7. The number of hydrogen-bond donors (Lipinski definition) is 2. The summed E-state index contributed by atoms with van der Waals surface area (Å²) in [7, 11) is 0. The maximum absolute atomic E-state index is 13.1. The third-order valence-electron chi connectivity index (χ3n) is 4.64. The van der Waals surface area contributed by atoms with Crippen LogP contribution in [0.3, 0.4) is 0 Å². The molecule has 0 amide bonds. The third kappa shape index (κ3) is 3.30. The minimum absolute atomic E-state index is 0.126. The van der Waals surface area contributed by atoms with Crippen molar-refractivity contribution in [2.45, 2.75) is 20.4 Å². The maximum atomic E-state index is 13.1. The Morgan fingerprint density at radius 1 is 1.17 bits per heavy atom. The number of benzene rings is 2. The highest BCUT2D eigenvalue weighted by atomic mass is 35.5. The van der Waals surface area contributed by atoms with Crippen LogP contribution in [-0.2, 0) is 6.54 Å². The molecule has 29 heavy (non-hydrogen) atoms. The molecule has 0 aliphatic heterocycles. The number of H-pyrrole nitrogens is 1. The number of ketones is 1. The zero-order valence-electron chi connectivity index (χ0n) is 15.9. The molecule has 0 aliphatic carbocycles. The number of Topliss-reactive ketones (excluding diaryl/α,β-unsaturated/α-hetero) is 1. The van der Waals surface area contributed by atoms with Crippen molar-refractivity contribution in [3.63, 3.8) is 0 Å². The summed E-state index contributed by atoms with van der Waals surface area (Å²) >= 11 is 6.34. The van der Waals surface area contributed by atoms with Gasteiger partial charge in [0.25, 0.3) is 5.56 Å². The maximum Gasteiger partial charge on any atom is 0.291 e. The van der Waals surface area contributed by atoms with E-state index in [1.807, 2.05) is 43.3 Å². The van der Waals surface area contributed by atoms with Crippen molar-refractivity contribution in [2.75, 3.05) is 5.32 Å². The van der Waals surface area contributed by atoms with Gasteiger partial charge >= 0.3 is 0 Å². The highest BCUT2D eigenvalue weighted by molar-refractivity contribution is 6.36. The fourth-order valence-electron chi connectivity index (χ4n) is 3.28. The van der Waals surface area contributed by atoms with E-state index in [1.165, 1.54) is 11.6 Å². The Morgan fingerprint density at radius 2 is 1.93 bits per heavy atom. The molecular formula is C21H18ClN5O2. The van der Waals surface area contributed by atoms with Crippen LogP contribution in [0.4, 0.5) is 11.5 Å². The molecule has 0 aliphatic rings. The second-order valence-corrected chi connectivity index (χ2v) is 6.91. The smallest absolute Gasteiger partial charge is 0.291 e. The fourth-order valence-corrected chi connectivity index (χ4v) is 3.54. The van der Waals surface area contributed by atoms with Gasteiger partial charge in [-0.2, -0.15) is 10.2 Å². The Hall–Kier alpha value is -3.45. The average Bonchev–Trinajstić information content (AvgIpc) is 3.14. The number of halogens is 1. The van der Waals surface area contributed by atoms with Gasteiger partial charge in [-0.15, -0.1) is 0 Å². The van der Waals surface area contributed by atoms with E-state index in [-0.39, 0.29) is 17.0 Å². The van der Waals surface area contributed by atoms with E-state index in [0.29, 0.717) is 28.5 Å². The molecule has 0 radical (unpaired) electrons. The molecular weight excluding hydrogens is 390 g/mol. The summed E-state index contributed by atoms with van der Waals surface area (Å²) in [6.45, 7) is 3.59. The number of hydrogen-bond acceptors (Lipinski definition) is 5. The second kappa shape index (κ2) is 7.52. The predicted molar refractivity (Wildman–Crippen MR) is 114 cm³/mol. The quantitative estimate of drug-likeness (QED) is 0.478. The van der Waals surface area contributed by atoms with Crippen LogP contribution in [0.15, 0.2) is 53.3 Å². The summed E-state index contributed by atoms with van der Waals surface area (Å²) in [5.74, 6) is 0.100. The molecule has 8 heteroatoms. The first kappa shape index (κ1) is 18.9. The summed E-state index contributed by atoms with van der Waals surface area (Å²) in [6, 6.07) is 14.7. The van der Waals surface area contributed by atoms with E-state index < -0.39 is 5.56 Å². The Morgan fingerprint density at radius 3 is 2.62 bits per heavy atom. The lowest BCUT2D eigenvalue weighted by molar-refractivity contribution is 0.101. The topological polar surface area (TPSA) is 92.7 Å². The number of fused-ring (bicyclic) bond motifs is 1. The van der Waals surface area contributed by atoms with Crippen molar-refractivity contribution < 1.29 is 4.79 Å². The van der Waals surface area contributed by atoms with Gasteiger partial charge in [-0.1, -0.05) is 48.0 Å². The van der Waals surface area contributed by atoms with Gasteiger partial charge in [0.2, 0.25) is 0 Å². The molecule has 0 fully saturated rings. The number of anilines is 2. The summed E-state index contributed by atoms with van der Waals surface area (Å²) in [5.41, 5.74) is 1.84. The standard InChI is InChI=1S/C21H18ClN5O2/c1-3-27-21(29)19(23-20-17-14(22)10-7-11-15(17)24-25-20)16(12(2)28)18(26-27)13-8-5-4-6-9-13/h4-11H,3H2,1-2H3,(H2,23,24,25). The molecule has 146 valence electrons. The van der Waals surface area contributed by atoms with E-state index in [9.17, 15) is 9.59 Å². The van der Waals surface area contributed by atoms with Crippen LogP contribution < -0.4 is 10.9 Å². The zero-order valence-corrected chi connectivity index (χ0v) is 16.6. The number of rotatable bonds is 5. The Labute approximate surface area is 171 Å². The summed E-state index contributed by atoms with van der Waals surface area (Å²) < 4.78 is 1.33. The van der Waals surface area contributed by atoms with Gasteiger partial charge in [0.1, 0.15) is 11.4 Å². The Kier molecular flexibility index (Phi) is 4.90. The van der Waals surface area contributed by atoms with Crippen LogP contribution in [-0.4, -0.2) is 25.8 Å². The molecule has 0 atom stereocenters. The van der Waals surface area contributed by atoms with E-state index in [1.54, 1.807) is 12.1 Å². The first-order valence-corrected chi connectivity index (χ1v) is 9.50. The van der Waals surface area contributed by atoms with Crippen LogP contribution in [0.25, 0.3) is 22.2 Å². The van der Waals surface area contributed by atoms with Crippen molar-refractivity contribution in [1.29, 1.82) is 0 Å². The lowest BCUT2D eigenvalue weighted by atomic mass is 10.0. The Bertz CT molecular complexity index is 1280. The van der Waals surface area contributed by atoms with Crippen LogP contribution in [0, 0.1) is 0 Å². The second-order valence-electron chi connectivity index (χ2n) is 6.50. The van der Waals surface area contributed by atoms with Gasteiger partial charge in [-0.3, -0.25) is 14.7 Å². The minimum Gasteiger partial charge on any atom is -0.333 e. The normalized spacial score (nSPS) is 11.0. The number of carbonyl (C=O) groups excluding carboxylic acids is 1. The van der Waals surface area contributed by atoms with Gasteiger partial charge in [0.05, 0.1) is 21.5 Å². The molecule has 0 bridgehead atoms. The van der Waals surface area contributed by atoms with Crippen LogP contribution >= 0.6 is 11.6 Å². The number of nitrogens with zero attached hydrogens (tertiary/aromatic N) is 3. The number of nitrogens with one attached hydrogen (secondary N) is 2. The number of aromatic nitrogens is 4. The van der Waals surface area contributed by atoms with Crippen molar-refractivity contribution >= 4 is 39.8 Å². The lowest BCUT2D eigenvalue weighted by Gasteiger charge is -2.15. The molecule has 4 rings (SSSR count). The first-order chi connectivity index (χ1) is 14.0. The van der Waals surface area contributed by atoms with Crippen molar-refractivity contribution in [3.8, 4) is 11.3 Å². The van der Waals surface area contributed by atoms with Crippen molar-refractivity contribution in [3.05, 3.63) is 69.5 Å². The fraction of sp³-hybridized carbons (Fsp3) is 0.143. The molecule has 2 aromatic heterocycles. The van der Waals surface area contributed by atoms with Gasteiger partial charge in [-0.25, -0.2) is 4.68 Å². The number of aryl methyl sites for hydroxylation is 1. The van der Waals surface area contributed by atoms with Crippen LogP contribution in [0.2, 0.25) is 5.02 Å². The molecule has 0 saturated heterocycles. The molecule has 2 N–H and O–H groups in total. The highest BCUT2D eigenvalue weighted by Gasteiger charge is 2.23. The molecule has 2 heterocycles. The molecule has 0 saturated carbocycles. The first-order valence-electron chi connectivity index (χ1n) is 9.12. The monoisotopic (exact) mass is 407 g/mol. The van der Waals surface area contributed by atoms with E-state index in [4.69, 9.17) is 11.6 Å². The zero-order chi connectivity index (χ0) is 20.5. The van der Waals surface area contributed by atoms with Crippen molar-refractivity contribution in [1.82, 2.24) is 20.0 Å². The van der Waals surface area contributed by atoms with Gasteiger partial charge in [0, 0.05) is 12.1 Å². The van der Waals surface area contributed by atoms with Gasteiger partial charge < -0.3 is 5.32 Å². The van der Waals surface area contributed by atoms with Crippen molar-refractivity contribution in [2.24, 2.45) is 0 Å². The Balaban J connectivity index is 1.99. The van der Waals surface area contributed by atoms with E-state index in [0.717, 1.165) is 11.1 Å². The largest absolute Gasteiger partial charge is 0.333 e. The van der Waals surface area contributed by atoms with E-state index >= 15 is 0 Å². The highest BCUT2D eigenvalue weighted by Crippen LogP contribution is 2.32. The lowest BCUT2D eigenvalue weighted by Crippen LogP contribution is -2.28. The molecule has 7 nitrogen and oxygen atoms in total. The van der Waals surface area contributed by atoms with Crippen LogP contribution in [0.5, 0.6) is 0 Å². The summed E-state index contributed by atoms with van der Waals surface area (Å²) in [5, 5.41) is 15.8. The molecule has 2 aromatic carbocycles.